The highest BCUT2D eigenvalue weighted by Crippen LogP contribution is 2.24. The molecule has 0 aromatic heterocycles. The lowest BCUT2D eigenvalue weighted by Crippen LogP contribution is -2.14. The van der Waals surface area contributed by atoms with Crippen LogP contribution in [0.5, 0.6) is 0 Å². The van der Waals surface area contributed by atoms with Gasteiger partial charge in [-0.3, -0.25) is 4.21 Å². The second-order valence-electron chi connectivity index (χ2n) is 3.42. The molecule has 1 aromatic carbocycles. The van der Waals surface area contributed by atoms with E-state index in [0.717, 1.165) is 12.8 Å². The second kappa shape index (κ2) is 5.52. The Bertz CT molecular complexity index is 364. The van der Waals surface area contributed by atoms with E-state index in [1.54, 1.807) is 18.2 Å². The molecule has 0 radical (unpaired) electrons. The highest BCUT2D eigenvalue weighted by atomic mass is 35.5. The molecule has 0 aliphatic heterocycles. The van der Waals surface area contributed by atoms with Crippen molar-refractivity contribution in [3.05, 3.63) is 23.2 Å². The maximum Gasteiger partial charge on any atom is 0.0621 e. The van der Waals surface area contributed by atoms with Crippen molar-refractivity contribution in [1.82, 2.24) is 0 Å². The summed E-state index contributed by atoms with van der Waals surface area (Å²) in [5, 5.41) is 0.756. The van der Waals surface area contributed by atoms with Gasteiger partial charge in [0.1, 0.15) is 0 Å². The Balaban J connectivity index is 3.00. The van der Waals surface area contributed by atoms with Crippen molar-refractivity contribution in [1.29, 1.82) is 0 Å². The standard InChI is InChI=1S/C11H16ClNOS/c1-3-9(4-2)15(14)11-6-5-8(12)7-10(11)13/h5-7,9H,3-4,13H2,1-2H3. The average molecular weight is 246 g/mol. The summed E-state index contributed by atoms with van der Waals surface area (Å²) in [4.78, 5) is 0.702. The fourth-order valence-corrected chi connectivity index (χ4v) is 3.11. The van der Waals surface area contributed by atoms with Crippen LogP contribution < -0.4 is 5.73 Å². The molecule has 0 amide bonds. The number of anilines is 1. The summed E-state index contributed by atoms with van der Waals surface area (Å²) < 4.78 is 12.1. The molecule has 0 fully saturated rings. The largest absolute Gasteiger partial charge is 0.398 e. The summed E-state index contributed by atoms with van der Waals surface area (Å²) in [6, 6.07) is 5.14. The minimum atomic E-state index is -1.02. The fourth-order valence-electron chi connectivity index (χ4n) is 1.47. The summed E-state index contributed by atoms with van der Waals surface area (Å²) in [7, 11) is -1.02. The molecule has 15 heavy (non-hydrogen) atoms. The van der Waals surface area contributed by atoms with Crippen LogP contribution in [0.25, 0.3) is 0 Å². The third-order valence-electron chi connectivity index (χ3n) is 2.40. The van der Waals surface area contributed by atoms with Crippen molar-refractivity contribution in [2.45, 2.75) is 36.8 Å². The molecule has 1 unspecified atom stereocenters. The number of nitrogens with two attached hydrogens (primary N) is 1. The Kier molecular flexibility index (Phi) is 4.61. The van der Waals surface area contributed by atoms with Crippen LogP contribution in [0, 0.1) is 0 Å². The predicted molar refractivity (Wildman–Crippen MR) is 66.6 cm³/mol. The molecule has 1 aromatic rings. The molecule has 1 rings (SSSR count). The lowest BCUT2D eigenvalue weighted by Gasteiger charge is -2.13. The third-order valence-corrected chi connectivity index (χ3v) is 4.71. The molecule has 0 saturated carbocycles. The first kappa shape index (κ1) is 12.5. The molecule has 0 saturated heterocycles. The van der Waals surface area contributed by atoms with E-state index in [-0.39, 0.29) is 5.25 Å². The van der Waals surface area contributed by atoms with E-state index in [4.69, 9.17) is 17.3 Å². The second-order valence-corrected chi connectivity index (χ2v) is 5.56. The van der Waals surface area contributed by atoms with E-state index in [2.05, 4.69) is 0 Å². The van der Waals surface area contributed by atoms with Crippen LogP contribution >= 0.6 is 11.6 Å². The van der Waals surface area contributed by atoms with Gasteiger partial charge >= 0.3 is 0 Å². The lowest BCUT2D eigenvalue weighted by atomic mass is 10.3. The van der Waals surface area contributed by atoms with Gasteiger partial charge in [0.15, 0.2) is 0 Å². The third kappa shape index (κ3) is 2.95. The quantitative estimate of drug-likeness (QED) is 0.828. The zero-order valence-corrected chi connectivity index (χ0v) is 10.6. The first-order valence-electron chi connectivity index (χ1n) is 5.05. The Morgan fingerprint density at radius 2 is 2.00 bits per heavy atom. The Morgan fingerprint density at radius 3 is 2.47 bits per heavy atom. The zero-order valence-electron chi connectivity index (χ0n) is 9.00. The Morgan fingerprint density at radius 1 is 1.40 bits per heavy atom. The van der Waals surface area contributed by atoms with Crippen molar-refractivity contribution in [2.24, 2.45) is 0 Å². The molecule has 2 nitrogen and oxygen atoms in total. The maximum absolute atomic E-state index is 12.1. The van der Waals surface area contributed by atoms with Gasteiger partial charge in [-0.1, -0.05) is 25.4 Å². The van der Waals surface area contributed by atoms with E-state index in [0.29, 0.717) is 15.6 Å². The summed E-state index contributed by atoms with van der Waals surface area (Å²) in [5.41, 5.74) is 6.31. The minimum absolute atomic E-state index is 0.175. The van der Waals surface area contributed by atoms with E-state index in [1.807, 2.05) is 13.8 Å². The normalized spacial score (nSPS) is 13.1. The average Bonchev–Trinajstić information content (AvgIpc) is 2.19. The van der Waals surface area contributed by atoms with Gasteiger partial charge in [0.05, 0.1) is 15.7 Å². The van der Waals surface area contributed by atoms with Crippen molar-refractivity contribution in [3.8, 4) is 0 Å². The highest BCUT2D eigenvalue weighted by Gasteiger charge is 2.16. The molecule has 2 N–H and O–H groups in total. The number of benzene rings is 1. The molecular formula is C11H16ClNOS. The molecular weight excluding hydrogens is 230 g/mol. The maximum atomic E-state index is 12.1. The van der Waals surface area contributed by atoms with Crippen LogP contribution in [0.4, 0.5) is 5.69 Å². The zero-order chi connectivity index (χ0) is 11.4. The van der Waals surface area contributed by atoms with E-state index < -0.39 is 10.8 Å². The first-order valence-corrected chi connectivity index (χ1v) is 6.64. The number of nitrogen functional groups attached to an aromatic ring is 1. The SMILES string of the molecule is CCC(CC)S(=O)c1ccc(Cl)cc1N. The number of halogens is 1. The van der Waals surface area contributed by atoms with E-state index in [9.17, 15) is 4.21 Å². The summed E-state index contributed by atoms with van der Waals surface area (Å²) in [6.07, 6.45) is 1.79. The number of hydrogen-bond acceptors (Lipinski definition) is 2. The summed E-state index contributed by atoms with van der Waals surface area (Å²) in [6.45, 7) is 4.08. The van der Waals surface area contributed by atoms with Crippen molar-refractivity contribution >= 4 is 28.1 Å². The lowest BCUT2D eigenvalue weighted by molar-refractivity contribution is 0.658. The van der Waals surface area contributed by atoms with E-state index in [1.165, 1.54) is 0 Å². The van der Waals surface area contributed by atoms with Crippen LogP contribution in [0.3, 0.4) is 0 Å². The van der Waals surface area contributed by atoms with Crippen LogP contribution in [-0.2, 0) is 10.8 Å². The molecule has 0 aliphatic carbocycles. The van der Waals surface area contributed by atoms with Crippen molar-refractivity contribution < 1.29 is 4.21 Å². The predicted octanol–water partition coefficient (Wildman–Crippen LogP) is 3.22. The van der Waals surface area contributed by atoms with Crippen LogP contribution in [-0.4, -0.2) is 9.46 Å². The smallest absolute Gasteiger partial charge is 0.0621 e. The molecule has 0 spiro atoms. The summed E-state index contributed by atoms with van der Waals surface area (Å²) in [5.74, 6) is 0. The van der Waals surface area contributed by atoms with Crippen LogP contribution in [0.15, 0.2) is 23.1 Å². The molecule has 4 heteroatoms. The van der Waals surface area contributed by atoms with Gasteiger partial charge in [0.2, 0.25) is 0 Å². The van der Waals surface area contributed by atoms with Gasteiger partial charge in [-0.25, -0.2) is 0 Å². The summed E-state index contributed by atoms with van der Waals surface area (Å²) >= 11 is 5.79. The van der Waals surface area contributed by atoms with E-state index >= 15 is 0 Å². The first-order chi connectivity index (χ1) is 7.10. The van der Waals surface area contributed by atoms with Gasteiger partial charge in [0, 0.05) is 16.0 Å². The van der Waals surface area contributed by atoms with Gasteiger partial charge in [0.25, 0.3) is 0 Å². The monoisotopic (exact) mass is 245 g/mol. The fraction of sp³-hybridized carbons (Fsp3) is 0.455. The highest BCUT2D eigenvalue weighted by molar-refractivity contribution is 7.85. The van der Waals surface area contributed by atoms with Gasteiger partial charge < -0.3 is 5.73 Å². The molecule has 1 atom stereocenters. The number of rotatable bonds is 4. The Labute approximate surface area is 98.3 Å². The molecule has 84 valence electrons. The molecule has 0 heterocycles. The van der Waals surface area contributed by atoms with Gasteiger partial charge in [-0.05, 0) is 31.0 Å². The Hall–Kier alpha value is -0.540. The molecule has 0 bridgehead atoms. The van der Waals surface area contributed by atoms with Crippen molar-refractivity contribution in [2.75, 3.05) is 5.73 Å². The molecule has 0 aliphatic rings. The minimum Gasteiger partial charge on any atom is -0.398 e. The van der Waals surface area contributed by atoms with Crippen molar-refractivity contribution in [3.63, 3.8) is 0 Å². The number of hydrogen-bond donors (Lipinski definition) is 1. The topological polar surface area (TPSA) is 43.1 Å². The van der Waals surface area contributed by atoms with Crippen LogP contribution in [0.1, 0.15) is 26.7 Å². The van der Waals surface area contributed by atoms with Gasteiger partial charge in [-0.2, -0.15) is 0 Å². The van der Waals surface area contributed by atoms with Crippen LogP contribution in [0.2, 0.25) is 5.02 Å². The van der Waals surface area contributed by atoms with Gasteiger partial charge in [-0.15, -0.1) is 0 Å².